The summed E-state index contributed by atoms with van der Waals surface area (Å²) < 4.78 is 57.2. The van der Waals surface area contributed by atoms with Gasteiger partial charge >= 0.3 is 0 Å². The van der Waals surface area contributed by atoms with Crippen LogP contribution in [0, 0.1) is 23.3 Å². The summed E-state index contributed by atoms with van der Waals surface area (Å²) in [6, 6.07) is 33.3. The van der Waals surface area contributed by atoms with Crippen molar-refractivity contribution in [3.05, 3.63) is 167 Å². The van der Waals surface area contributed by atoms with Crippen LogP contribution < -0.4 is 0 Å². The van der Waals surface area contributed by atoms with E-state index in [2.05, 4.69) is 0 Å². The van der Waals surface area contributed by atoms with Crippen molar-refractivity contribution in [2.24, 2.45) is 0 Å². The predicted molar refractivity (Wildman–Crippen MR) is 150 cm³/mol. The number of hydrogen-bond acceptors (Lipinski definition) is 2. The monoisotopic (exact) mass is 544 g/mol. The standard InChI is InChI=1S/C35H20F4N2/c36-21-15-17-25(29(38)19-21)31-11-5-13-33(40-31)35(27-9-3-1-7-23(27)24-8-2-4-10-28(24)35)34-14-6-12-32(41-34)26-18-16-22(37)20-30(26)39/h1-20H. The Morgan fingerprint density at radius 3 is 1.29 bits per heavy atom. The summed E-state index contributed by atoms with van der Waals surface area (Å²) in [7, 11) is 0. The van der Waals surface area contributed by atoms with Crippen molar-refractivity contribution in [3.8, 4) is 33.6 Å². The fourth-order valence-corrected chi connectivity index (χ4v) is 5.90. The molecular weight excluding hydrogens is 524 g/mol. The first kappa shape index (κ1) is 24.9. The third-order valence-corrected chi connectivity index (χ3v) is 7.63. The van der Waals surface area contributed by atoms with Crippen molar-refractivity contribution in [1.82, 2.24) is 9.97 Å². The highest BCUT2D eigenvalue weighted by atomic mass is 19.1. The number of aromatic nitrogens is 2. The Morgan fingerprint density at radius 1 is 0.415 bits per heavy atom. The van der Waals surface area contributed by atoms with Gasteiger partial charge in [0.15, 0.2) is 0 Å². The molecule has 7 rings (SSSR count). The largest absolute Gasteiger partial charge is 0.251 e. The number of pyridine rings is 2. The van der Waals surface area contributed by atoms with Gasteiger partial charge in [-0.1, -0.05) is 60.7 Å². The molecule has 2 nitrogen and oxygen atoms in total. The third kappa shape index (κ3) is 3.86. The molecule has 0 saturated heterocycles. The molecule has 0 unspecified atom stereocenters. The molecule has 1 aliphatic carbocycles. The average Bonchev–Trinajstić information content (AvgIpc) is 3.29. The minimum Gasteiger partial charge on any atom is -0.251 e. The highest BCUT2D eigenvalue weighted by Gasteiger charge is 2.48. The summed E-state index contributed by atoms with van der Waals surface area (Å²) in [5.74, 6) is -2.79. The summed E-state index contributed by atoms with van der Waals surface area (Å²) in [5, 5.41) is 0. The van der Waals surface area contributed by atoms with Crippen LogP contribution in [-0.2, 0) is 5.41 Å². The van der Waals surface area contributed by atoms with Crippen molar-refractivity contribution in [3.63, 3.8) is 0 Å². The first-order chi connectivity index (χ1) is 20.0. The molecule has 0 aliphatic heterocycles. The van der Waals surface area contributed by atoms with E-state index in [4.69, 9.17) is 9.97 Å². The van der Waals surface area contributed by atoms with Gasteiger partial charge in [-0.15, -0.1) is 0 Å². The molecule has 0 fully saturated rings. The van der Waals surface area contributed by atoms with E-state index in [1.165, 1.54) is 24.3 Å². The summed E-state index contributed by atoms with van der Waals surface area (Å²) >= 11 is 0. The molecule has 2 heterocycles. The third-order valence-electron chi connectivity index (χ3n) is 7.63. The lowest BCUT2D eigenvalue weighted by Gasteiger charge is -2.32. The van der Waals surface area contributed by atoms with Crippen LogP contribution in [0.2, 0.25) is 0 Å². The van der Waals surface area contributed by atoms with Crippen molar-refractivity contribution in [2.45, 2.75) is 5.41 Å². The molecule has 0 atom stereocenters. The summed E-state index contributed by atoms with van der Waals surface area (Å²) in [4.78, 5) is 9.93. The zero-order valence-corrected chi connectivity index (χ0v) is 21.5. The normalized spacial score (nSPS) is 13.1. The summed E-state index contributed by atoms with van der Waals surface area (Å²) in [6.45, 7) is 0. The Balaban J connectivity index is 1.54. The van der Waals surface area contributed by atoms with Gasteiger partial charge in [0.05, 0.1) is 22.8 Å². The Morgan fingerprint density at radius 2 is 0.854 bits per heavy atom. The van der Waals surface area contributed by atoms with Gasteiger partial charge in [-0.3, -0.25) is 9.97 Å². The van der Waals surface area contributed by atoms with Gasteiger partial charge in [0.2, 0.25) is 0 Å². The van der Waals surface area contributed by atoms with Crippen LogP contribution in [0.1, 0.15) is 22.5 Å². The van der Waals surface area contributed by atoms with Crippen molar-refractivity contribution < 1.29 is 17.6 Å². The number of halogens is 4. The second-order valence-electron chi connectivity index (χ2n) is 9.91. The smallest absolute Gasteiger partial charge is 0.135 e. The highest BCUT2D eigenvalue weighted by Crippen LogP contribution is 2.55. The molecule has 4 aromatic carbocycles. The van der Waals surface area contributed by atoms with E-state index in [0.29, 0.717) is 22.8 Å². The minimum atomic E-state index is -1.05. The zero-order chi connectivity index (χ0) is 28.1. The predicted octanol–water partition coefficient (Wildman–Crippen LogP) is 8.73. The van der Waals surface area contributed by atoms with E-state index in [1.54, 1.807) is 24.3 Å². The second kappa shape index (κ2) is 9.52. The molecule has 0 amide bonds. The molecule has 6 heteroatoms. The van der Waals surface area contributed by atoms with E-state index in [9.17, 15) is 17.6 Å². The molecule has 1 aliphatic rings. The van der Waals surface area contributed by atoms with Gasteiger partial charge in [-0.25, -0.2) is 17.6 Å². The number of benzene rings is 4. The van der Waals surface area contributed by atoms with E-state index in [0.717, 1.165) is 34.4 Å². The van der Waals surface area contributed by atoms with Gasteiger partial charge in [0.1, 0.15) is 28.7 Å². The van der Waals surface area contributed by atoms with Crippen molar-refractivity contribution in [1.29, 1.82) is 0 Å². The molecule has 0 radical (unpaired) electrons. The van der Waals surface area contributed by atoms with E-state index in [-0.39, 0.29) is 11.1 Å². The maximum atomic E-state index is 14.9. The maximum absolute atomic E-state index is 14.9. The lowest BCUT2D eigenvalue weighted by Crippen LogP contribution is -2.31. The van der Waals surface area contributed by atoms with Crippen LogP contribution in [0.4, 0.5) is 17.6 Å². The van der Waals surface area contributed by atoms with Crippen LogP contribution in [-0.4, -0.2) is 9.97 Å². The molecular formula is C35H20F4N2. The molecule has 0 bridgehead atoms. The number of hydrogen-bond donors (Lipinski definition) is 0. The van der Waals surface area contributed by atoms with Crippen LogP contribution >= 0.6 is 0 Å². The number of rotatable bonds is 4. The van der Waals surface area contributed by atoms with Gasteiger partial charge in [0, 0.05) is 23.3 Å². The lowest BCUT2D eigenvalue weighted by molar-refractivity contribution is 0.584. The van der Waals surface area contributed by atoms with Gasteiger partial charge in [-0.05, 0) is 70.8 Å². The molecule has 0 saturated carbocycles. The molecule has 6 aromatic rings. The van der Waals surface area contributed by atoms with Gasteiger partial charge in [0.25, 0.3) is 0 Å². The fraction of sp³-hybridized carbons (Fsp3) is 0.0286. The quantitative estimate of drug-likeness (QED) is 0.207. The topological polar surface area (TPSA) is 25.8 Å². The Labute approximate surface area is 233 Å². The first-order valence-corrected chi connectivity index (χ1v) is 13.0. The molecule has 198 valence electrons. The van der Waals surface area contributed by atoms with Crippen molar-refractivity contribution in [2.75, 3.05) is 0 Å². The number of nitrogens with zero attached hydrogens (tertiary/aromatic N) is 2. The second-order valence-corrected chi connectivity index (χ2v) is 9.91. The Bertz CT molecular complexity index is 1820. The highest BCUT2D eigenvalue weighted by molar-refractivity contribution is 5.85. The minimum absolute atomic E-state index is 0.165. The van der Waals surface area contributed by atoms with E-state index >= 15 is 0 Å². The molecule has 2 aromatic heterocycles. The van der Waals surface area contributed by atoms with Crippen LogP contribution in [0.5, 0.6) is 0 Å². The van der Waals surface area contributed by atoms with E-state index in [1.807, 2.05) is 60.7 Å². The van der Waals surface area contributed by atoms with Crippen LogP contribution in [0.25, 0.3) is 33.6 Å². The Hall–Kier alpha value is -5.10. The first-order valence-electron chi connectivity index (χ1n) is 13.0. The maximum Gasteiger partial charge on any atom is 0.135 e. The van der Waals surface area contributed by atoms with Crippen LogP contribution in [0.3, 0.4) is 0 Å². The molecule has 0 N–H and O–H groups in total. The van der Waals surface area contributed by atoms with Gasteiger partial charge in [-0.2, -0.15) is 0 Å². The molecule has 41 heavy (non-hydrogen) atoms. The lowest BCUT2D eigenvalue weighted by atomic mass is 9.72. The van der Waals surface area contributed by atoms with Crippen LogP contribution in [0.15, 0.2) is 121 Å². The van der Waals surface area contributed by atoms with E-state index < -0.39 is 28.7 Å². The molecule has 0 spiro atoms. The SMILES string of the molecule is Fc1ccc(-c2cccc(C3(c4cccc(-c5ccc(F)cc5F)n4)c4ccccc4-c4ccccc43)n2)c(F)c1. The summed E-state index contributed by atoms with van der Waals surface area (Å²) in [5.41, 5.74) is 4.89. The Kier molecular flexibility index (Phi) is 5.78. The van der Waals surface area contributed by atoms with Crippen molar-refractivity contribution >= 4 is 0 Å². The van der Waals surface area contributed by atoms with Gasteiger partial charge < -0.3 is 0 Å². The number of fused-ring (bicyclic) bond motifs is 3. The summed E-state index contributed by atoms with van der Waals surface area (Å²) in [6.07, 6.45) is 0. The fourth-order valence-electron chi connectivity index (χ4n) is 5.90. The zero-order valence-electron chi connectivity index (χ0n) is 21.5. The average molecular weight is 545 g/mol.